The zero-order valence-electron chi connectivity index (χ0n) is 14.4. The minimum atomic E-state index is -0.582. The molecule has 8 heteroatoms. The summed E-state index contributed by atoms with van der Waals surface area (Å²) in [4.78, 5) is 26.7. The summed E-state index contributed by atoms with van der Waals surface area (Å²) in [5.74, 6) is -0.0699. The average molecular weight is 395 g/mol. The quantitative estimate of drug-likeness (QED) is 0.576. The third-order valence-corrected chi connectivity index (χ3v) is 4.96. The summed E-state index contributed by atoms with van der Waals surface area (Å²) in [5, 5.41) is 4.41. The number of aromatic nitrogens is 1. The zero-order chi connectivity index (χ0) is 18.7. The second kappa shape index (κ2) is 8.19. The Bertz CT molecular complexity index is 793. The van der Waals surface area contributed by atoms with Crippen molar-refractivity contribution in [3.63, 3.8) is 0 Å². The van der Waals surface area contributed by atoms with Gasteiger partial charge in [-0.25, -0.2) is 4.79 Å². The van der Waals surface area contributed by atoms with Crippen LogP contribution in [0.2, 0.25) is 5.02 Å². The molecule has 1 fully saturated rings. The van der Waals surface area contributed by atoms with Crippen LogP contribution < -0.4 is 0 Å². The third kappa shape index (κ3) is 4.63. The fraction of sp³-hybridized carbons (Fsp3) is 0.389. The normalized spacial score (nSPS) is 19.6. The highest BCUT2D eigenvalue weighted by Crippen LogP contribution is 2.26. The molecule has 26 heavy (non-hydrogen) atoms. The van der Waals surface area contributed by atoms with Gasteiger partial charge in [0, 0.05) is 17.6 Å². The maximum Gasteiger partial charge on any atom is 0.329 e. The maximum atomic E-state index is 12.6. The van der Waals surface area contributed by atoms with E-state index >= 15 is 0 Å². The Morgan fingerprint density at radius 1 is 1.38 bits per heavy atom. The molecule has 1 aliphatic heterocycles. The maximum absolute atomic E-state index is 12.6. The molecular formula is C18H20ClN2O4P. The molecule has 3 rings (SSSR count). The Morgan fingerprint density at radius 3 is 2.77 bits per heavy atom. The highest BCUT2D eigenvalue weighted by atomic mass is 35.5. The smallest absolute Gasteiger partial charge is 0.329 e. The van der Waals surface area contributed by atoms with Gasteiger partial charge in [0.05, 0.1) is 12.1 Å². The highest BCUT2D eigenvalue weighted by molar-refractivity contribution is 7.17. The first-order chi connectivity index (χ1) is 12.4. The SMILES string of the molecule is Cc1cc(CC(=O)N2C[C@H](P)C[C@H]2C(=O)OCc2ccc(Cl)cc2)on1. The lowest BCUT2D eigenvalue weighted by Gasteiger charge is -2.22. The summed E-state index contributed by atoms with van der Waals surface area (Å²) in [7, 11) is 2.68. The van der Waals surface area contributed by atoms with Gasteiger partial charge in [0.15, 0.2) is 0 Å². The molecule has 3 atom stereocenters. The van der Waals surface area contributed by atoms with E-state index < -0.39 is 12.0 Å². The Labute approximate surface area is 159 Å². The zero-order valence-corrected chi connectivity index (χ0v) is 16.3. The van der Waals surface area contributed by atoms with Crippen LogP contribution in [0.1, 0.15) is 23.4 Å². The molecule has 138 valence electrons. The van der Waals surface area contributed by atoms with Gasteiger partial charge in [-0.15, -0.1) is 9.24 Å². The average Bonchev–Trinajstić information content (AvgIpc) is 3.19. The van der Waals surface area contributed by atoms with E-state index in [-0.39, 0.29) is 24.6 Å². The number of amides is 1. The van der Waals surface area contributed by atoms with Crippen LogP contribution in [0.15, 0.2) is 34.9 Å². The van der Waals surface area contributed by atoms with E-state index in [0.29, 0.717) is 23.7 Å². The largest absolute Gasteiger partial charge is 0.459 e. The summed E-state index contributed by atoms with van der Waals surface area (Å²) in [6.07, 6.45) is 0.643. The molecule has 0 radical (unpaired) electrons. The minimum Gasteiger partial charge on any atom is -0.459 e. The summed E-state index contributed by atoms with van der Waals surface area (Å²) in [6, 6.07) is 8.24. The molecule has 0 bridgehead atoms. The number of esters is 1. The van der Waals surface area contributed by atoms with E-state index in [1.54, 1.807) is 42.2 Å². The second-order valence-electron chi connectivity index (χ2n) is 6.40. The molecule has 1 aliphatic rings. The number of aryl methyl sites for hydroxylation is 1. The van der Waals surface area contributed by atoms with E-state index in [0.717, 1.165) is 11.3 Å². The van der Waals surface area contributed by atoms with Gasteiger partial charge in [0.1, 0.15) is 18.4 Å². The molecule has 1 saturated heterocycles. The Kier molecular flexibility index (Phi) is 5.94. The standard InChI is InChI=1S/C18H20ClN2O4P/c1-11-6-14(25-20-11)7-17(22)21-9-15(26)8-16(21)18(23)24-10-12-2-4-13(19)5-3-12/h2-6,15-16H,7-10,26H2,1H3/t15-,16+/m1/s1. The van der Waals surface area contributed by atoms with Gasteiger partial charge in [-0.05, 0) is 36.7 Å². The van der Waals surface area contributed by atoms with Gasteiger partial charge < -0.3 is 14.2 Å². The number of hydrogen-bond acceptors (Lipinski definition) is 5. The van der Waals surface area contributed by atoms with Crippen molar-refractivity contribution in [1.29, 1.82) is 0 Å². The Balaban J connectivity index is 1.61. The number of likely N-dealkylation sites (tertiary alicyclic amines) is 1. The van der Waals surface area contributed by atoms with Gasteiger partial charge in [-0.1, -0.05) is 28.9 Å². The number of carbonyl (C=O) groups excluding carboxylic acids is 2. The fourth-order valence-corrected chi connectivity index (χ4v) is 3.56. The highest BCUT2D eigenvalue weighted by Gasteiger charge is 2.39. The minimum absolute atomic E-state index is 0.0825. The van der Waals surface area contributed by atoms with E-state index in [4.69, 9.17) is 20.9 Å². The number of nitrogens with zero attached hydrogens (tertiary/aromatic N) is 2. The van der Waals surface area contributed by atoms with Crippen LogP contribution in [0.4, 0.5) is 0 Å². The topological polar surface area (TPSA) is 72.6 Å². The van der Waals surface area contributed by atoms with E-state index in [1.165, 1.54) is 0 Å². The monoisotopic (exact) mass is 394 g/mol. The van der Waals surface area contributed by atoms with Crippen LogP contribution in [0.25, 0.3) is 0 Å². The summed E-state index contributed by atoms with van der Waals surface area (Å²) in [6.45, 7) is 2.44. The molecule has 2 aromatic rings. The van der Waals surface area contributed by atoms with Crippen LogP contribution in [0.5, 0.6) is 0 Å². The molecule has 0 spiro atoms. The van der Waals surface area contributed by atoms with Crippen molar-refractivity contribution in [1.82, 2.24) is 10.1 Å². The molecule has 0 aliphatic carbocycles. The van der Waals surface area contributed by atoms with Crippen LogP contribution in [-0.4, -0.2) is 40.2 Å². The lowest BCUT2D eigenvalue weighted by atomic mass is 10.2. The van der Waals surface area contributed by atoms with Crippen molar-refractivity contribution in [2.24, 2.45) is 0 Å². The number of carbonyl (C=O) groups is 2. The number of halogens is 1. The van der Waals surface area contributed by atoms with Crippen LogP contribution in [-0.2, 0) is 27.4 Å². The number of rotatable bonds is 5. The van der Waals surface area contributed by atoms with E-state index in [9.17, 15) is 9.59 Å². The second-order valence-corrected chi connectivity index (χ2v) is 7.78. The predicted molar refractivity (Wildman–Crippen MR) is 99.8 cm³/mol. The number of benzene rings is 1. The van der Waals surface area contributed by atoms with Gasteiger partial charge in [0.25, 0.3) is 0 Å². The summed E-state index contributed by atoms with van der Waals surface area (Å²) < 4.78 is 10.5. The van der Waals surface area contributed by atoms with Crippen molar-refractivity contribution < 1.29 is 18.8 Å². The van der Waals surface area contributed by atoms with Crippen molar-refractivity contribution in [2.45, 2.75) is 38.1 Å². The van der Waals surface area contributed by atoms with Crippen LogP contribution in [0.3, 0.4) is 0 Å². The molecule has 1 aromatic carbocycles. The molecular weight excluding hydrogens is 375 g/mol. The Hall–Kier alpha value is -1.91. The fourth-order valence-electron chi connectivity index (χ4n) is 2.95. The van der Waals surface area contributed by atoms with Crippen LogP contribution in [0, 0.1) is 6.92 Å². The van der Waals surface area contributed by atoms with Crippen molar-refractivity contribution >= 4 is 32.7 Å². The van der Waals surface area contributed by atoms with Crippen molar-refractivity contribution in [3.8, 4) is 0 Å². The number of ether oxygens (including phenoxy) is 1. The van der Waals surface area contributed by atoms with Gasteiger partial charge in [-0.2, -0.15) is 0 Å². The summed E-state index contributed by atoms with van der Waals surface area (Å²) in [5.41, 5.74) is 1.72. The molecule has 2 heterocycles. The molecule has 1 amide bonds. The van der Waals surface area contributed by atoms with E-state index in [1.807, 2.05) is 0 Å². The first-order valence-electron chi connectivity index (χ1n) is 8.30. The molecule has 0 saturated carbocycles. The van der Waals surface area contributed by atoms with Gasteiger partial charge >= 0.3 is 5.97 Å². The van der Waals surface area contributed by atoms with Gasteiger partial charge in [-0.3, -0.25) is 4.79 Å². The first-order valence-corrected chi connectivity index (χ1v) is 9.35. The van der Waals surface area contributed by atoms with Crippen molar-refractivity contribution in [3.05, 3.63) is 52.4 Å². The third-order valence-electron chi connectivity index (χ3n) is 4.22. The first kappa shape index (κ1) is 18.9. The molecule has 1 aromatic heterocycles. The molecule has 0 N–H and O–H groups in total. The summed E-state index contributed by atoms with van der Waals surface area (Å²) >= 11 is 5.85. The van der Waals surface area contributed by atoms with Crippen LogP contribution >= 0.6 is 20.8 Å². The molecule has 1 unspecified atom stereocenters. The van der Waals surface area contributed by atoms with Gasteiger partial charge in [0.2, 0.25) is 5.91 Å². The van der Waals surface area contributed by atoms with E-state index in [2.05, 4.69) is 14.4 Å². The molecule has 6 nitrogen and oxygen atoms in total. The Morgan fingerprint density at radius 2 is 2.12 bits per heavy atom. The number of hydrogen-bond donors (Lipinski definition) is 0. The lowest BCUT2D eigenvalue weighted by molar-refractivity contribution is -0.154. The lowest BCUT2D eigenvalue weighted by Crippen LogP contribution is -2.42. The van der Waals surface area contributed by atoms with Crippen molar-refractivity contribution in [2.75, 3.05) is 6.54 Å². The predicted octanol–water partition coefficient (Wildman–Crippen LogP) is 2.77.